The first kappa shape index (κ1) is 13.7. The molecule has 5 heteroatoms. The number of carbonyl (C=O) groups excluding carboxylic acids is 1. The minimum Gasteiger partial charge on any atom is -0.328 e. The van der Waals surface area contributed by atoms with Gasteiger partial charge in [-0.05, 0) is 46.4 Å². The Kier molecular flexibility index (Phi) is 3.24. The van der Waals surface area contributed by atoms with Gasteiger partial charge in [0.15, 0.2) is 0 Å². The van der Waals surface area contributed by atoms with Crippen molar-refractivity contribution in [1.82, 2.24) is 19.7 Å². The van der Waals surface area contributed by atoms with E-state index < -0.39 is 13.5 Å². The average Bonchev–Trinajstić information content (AvgIpc) is 3.34. The maximum atomic E-state index is 13.0. The van der Waals surface area contributed by atoms with Crippen LogP contribution in [0.2, 0.25) is 0 Å². The van der Waals surface area contributed by atoms with Crippen LogP contribution in [0.1, 0.15) is 53.8 Å². The molecular weight excluding hydrogens is 372 g/mol. The summed E-state index contributed by atoms with van der Waals surface area (Å²) in [5.41, 5.74) is 4.61. The third-order valence-corrected chi connectivity index (χ3v) is 5.48. The molecule has 1 aliphatic rings. The van der Waals surface area contributed by atoms with Crippen molar-refractivity contribution in [2.24, 2.45) is 6.98 Å². The summed E-state index contributed by atoms with van der Waals surface area (Å²) in [6.45, 7) is -0.163. The molecule has 5 rings (SSSR count). The molecule has 0 fully saturated rings. The van der Waals surface area contributed by atoms with E-state index in [1.807, 2.05) is 44.2 Å². The summed E-state index contributed by atoms with van der Waals surface area (Å²) in [6, 6.07) is 14.7. The van der Waals surface area contributed by atoms with Gasteiger partial charge in [-0.25, -0.2) is 0 Å². The highest BCUT2D eigenvalue weighted by Crippen LogP contribution is 2.33. The molecular formula is C25H24N4O. The number of nitrogens with zero attached hydrogens (tertiary/aromatic N) is 4. The van der Waals surface area contributed by atoms with E-state index in [9.17, 15) is 4.79 Å². The molecule has 0 unspecified atom stereocenters. The van der Waals surface area contributed by atoms with Gasteiger partial charge in [-0.2, -0.15) is 5.10 Å². The summed E-state index contributed by atoms with van der Waals surface area (Å²) in [5.74, 6) is -0.267. The maximum Gasteiger partial charge on any atom is 0.256 e. The van der Waals surface area contributed by atoms with Crippen LogP contribution in [0, 0.1) is 0 Å². The second kappa shape index (κ2) is 7.10. The molecule has 0 aliphatic carbocycles. The van der Waals surface area contributed by atoms with Crippen LogP contribution in [0.15, 0.2) is 60.9 Å². The Labute approximate surface area is 183 Å². The first-order valence-electron chi connectivity index (χ1n) is 12.4. The molecule has 0 saturated heterocycles. The molecule has 150 valence electrons. The lowest BCUT2D eigenvalue weighted by atomic mass is 9.91. The maximum absolute atomic E-state index is 13.0. The molecule has 1 amide bonds. The molecule has 0 bridgehead atoms. The summed E-state index contributed by atoms with van der Waals surface area (Å²) in [4.78, 5) is 18.4. The zero-order chi connectivity index (χ0) is 25.1. The number of aromatic nitrogens is 3. The Hall–Kier alpha value is -3.47. The van der Waals surface area contributed by atoms with Crippen LogP contribution < -0.4 is 0 Å². The van der Waals surface area contributed by atoms with Gasteiger partial charge in [0.2, 0.25) is 0 Å². The Morgan fingerprint density at radius 3 is 2.83 bits per heavy atom. The first-order chi connectivity index (χ1) is 16.5. The van der Waals surface area contributed by atoms with E-state index in [-0.39, 0.29) is 29.6 Å². The summed E-state index contributed by atoms with van der Waals surface area (Å²) in [7, 11) is 0. The summed E-state index contributed by atoms with van der Waals surface area (Å²) in [6.07, 6.45) is 3.04. The van der Waals surface area contributed by atoms with Gasteiger partial charge in [0.25, 0.3) is 5.91 Å². The van der Waals surface area contributed by atoms with Gasteiger partial charge < -0.3 is 4.90 Å². The molecule has 5 nitrogen and oxygen atoms in total. The number of hydrogen-bond acceptors (Lipinski definition) is 3. The molecule has 2 aromatic carbocycles. The number of aryl methyl sites for hydroxylation is 1. The summed E-state index contributed by atoms with van der Waals surface area (Å²) < 4.78 is 41.1. The van der Waals surface area contributed by atoms with Crippen molar-refractivity contribution in [3.8, 4) is 11.1 Å². The minimum atomic E-state index is -2.36. The smallest absolute Gasteiger partial charge is 0.256 e. The standard InChI is InChI=1S/C25H24N4O/c1-16(2)21-12-17(19-6-4-8-23-22(19)14-28(3)27-23)9-10-18(21)13-29-15-24-20(25(29)30)7-5-11-26-24/h4-12,14,16H,13,15H2,1-3H3/i3D3,15D2. The van der Waals surface area contributed by atoms with Gasteiger partial charge in [0, 0.05) is 35.4 Å². The normalized spacial score (nSPS) is 18.0. The van der Waals surface area contributed by atoms with Gasteiger partial charge >= 0.3 is 0 Å². The number of carbonyl (C=O) groups is 1. The van der Waals surface area contributed by atoms with Crippen LogP contribution in [-0.4, -0.2) is 25.6 Å². The van der Waals surface area contributed by atoms with Crippen molar-refractivity contribution in [2.75, 3.05) is 0 Å². The van der Waals surface area contributed by atoms with Gasteiger partial charge in [-0.15, -0.1) is 0 Å². The molecule has 0 radical (unpaired) electrons. The van der Waals surface area contributed by atoms with Crippen molar-refractivity contribution >= 4 is 16.8 Å². The lowest BCUT2D eigenvalue weighted by Crippen LogP contribution is -2.24. The monoisotopic (exact) mass is 401 g/mol. The fourth-order valence-electron chi connectivity index (χ4n) is 4.01. The van der Waals surface area contributed by atoms with E-state index in [0.717, 1.165) is 32.3 Å². The summed E-state index contributed by atoms with van der Waals surface area (Å²) >= 11 is 0. The van der Waals surface area contributed by atoms with Crippen LogP contribution in [-0.2, 0) is 20.0 Å². The van der Waals surface area contributed by atoms with Crippen LogP contribution >= 0.6 is 0 Å². The Morgan fingerprint density at radius 2 is 2.03 bits per heavy atom. The zero-order valence-corrected chi connectivity index (χ0v) is 16.8. The highest BCUT2D eigenvalue weighted by atomic mass is 16.2. The molecule has 3 heterocycles. The molecule has 2 aromatic heterocycles. The SMILES string of the molecule is [2H]C1([2H])c2ncccc2C(=O)N1Cc1ccc(-c2cccc3nn(C([2H])([2H])[2H])cc23)cc1C(C)C. The van der Waals surface area contributed by atoms with E-state index in [1.54, 1.807) is 24.4 Å². The Bertz CT molecular complexity index is 1460. The first-order valence-corrected chi connectivity index (χ1v) is 9.88. The van der Waals surface area contributed by atoms with E-state index in [1.165, 1.54) is 11.1 Å². The van der Waals surface area contributed by atoms with Crippen molar-refractivity contribution in [2.45, 2.75) is 32.8 Å². The topological polar surface area (TPSA) is 51.0 Å². The van der Waals surface area contributed by atoms with Crippen LogP contribution in [0.3, 0.4) is 0 Å². The molecule has 0 N–H and O–H groups in total. The van der Waals surface area contributed by atoms with Crippen molar-refractivity contribution in [3.63, 3.8) is 0 Å². The third-order valence-electron chi connectivity index (χ3n) is 5.48. The van der Waals surface area contributed by atoms with Crippen LogP contribution in [0.5, 0.6) is 0 Å². The van der Waals surface area contributed by atoms with E-state index in [2.05, 4.69) is 10.1 Å². The molecule has 0 atom stereocenters. The van der Waals surface area contributed by atoms with Crippen LogP contribution in [0.4, 0.5) is 0 Å². The van der Waals surface area contributed by atoms with E-state index in [0.29, 0.717) is 5.52 Å². The third kappa shape index (κ3) is 3.07. The summed E-state index contributed by atoms with van der Waals surface area (Å²) in [5, 5.41) is 4.96. The number of hydrogen-bond donors (Lipinski definition) is 0. The quantitative estimate of drug-likeness (QED) is 0.488. The number of amides is 1. The second-order valence-corrected chi connectivity index (χ2v) is 7.78. The van der Waals surface area contributed by atoms with E-state index >= 15 is 0 Å². The van der Waals surface area contributed by atoms with Crippen molar-refractivity contribution in [3.05, 3.63) is 83.3 Å². The number of fused-ring (bicyclic) bond motifs is 2. The molecule has 1 aliphatic heterocycles. The second-order valence-electron chi connectivity index (χ2n) is 7.78. The van der Waals surface area contributed by atoms with E-state index in [4.69, 9.17) is 6.85 Å². The predicted molar refractivity (Wildman–Crippen MR) is 118 cm³/mol. The average molecular weight is 402 g/mol. The highest BCUT2D eigenvalue weighted by Gasteiger charge is 2.28. The van der Waals surface area contributed by atoms with Gasteiger partial charge in [-0.3, -0.25) is 14.5 Å². The Morgan fingerprint density at radius 1 is 1.17 bits per heavy atom. The zero-order valence-electron chi connectivity index (χ0n) is 21.8. The van der Waals surface area contributed by atoms with Crippen molar-refractivity contribution < 1.29 is 11.6 Å². The van der Waals surface area contributed by atoms with Gasteiger partial charge in [0.05, 0.1) is 26.0 Å². The highest BCUT2D eigenvalue weighted by molar-refractivity contribution is 5.98. The minimum absolute atomic E-state index is 0.108. The predicted octanol–water partition coefficient (Wildman–Crippen LogP) is 4.91. The van der Waals surface area contributed by atoms with Gasteiger partial charge in [-0.1, -0.05) is 44.2 Å². The number of rotatable bonds is 4. The molecule has 0 spiro atoms. The van der Waals surface area contributed by atoms with Gasteiger partial charge in [0.1, 0.15) is 0 Å². The lowest BCUT2D eigenvalue weighted by Gasteiger charge is -2.21. The lowest BCUT2D eigenvalue weighted by molar-refractivity contribution is 0.0766. The fraction of sp³-hybridized carbons (Fsp3) is 0.240. The largest absolute Gasteiger partial charge is 0.328 e. The fourth-order valence-corrected chi connectivity index (χ4v) is 4.01. The molecule has 0 saturated carbocycles. The number of benzene rings is 2. The molecule has 30 heavy (non-hydrogen) atoms. The Balaban J connectivity index is 1.55. The molecule has 4 aromatic rings. The number of pyridine rings is 1. The van der Waals surface area contributed by atoms with Crippen LogP contribution in [0.25, 0.3) is 22.0 Å². The van der Waals surface area contributed by atoms with Crippen molar-refractivity contribution in [1.29, 1.82) is 0 Å².